The summed E-state index contributed by atoms with van der Waals surface area (Å²) in [5, 5.41) is 3.43. The van der Waals surface area contributed by atoms with Gasteiger partial charge in [-0.25, -0.2) is 0 Å². The van der Waals surface area contributed by atoms with E-state index in [-0.39, 0.29) is 0 Å². The zero-order chi connectivity index (χ0) is 9.42. The third-order valence-corrected chi connectivity index (χ3v) is 4.83. The molecular weight excluding hydrogens is 311 g/mol. The standard InChI is InChI=1S/C10H9IS2/c1-2-6-3-4-8-9(10(6)11)7(12)5-13-8/h3-5,12H,2H2,1H3. The van der Waals surface area contributed by atoms with Crippen LogP contribution in [0.25, 0.3) is 10.1 Å². The van der Waals surface area contributed by atoms with Crippen molar-refractivity contribution >= 4 is 56.6 Å². The number of hydrogen-bond donors (Lipinski definition) is 1. The average molecular weight is 320 g/mol. The molecule has 3 heteroatoms. The van der Waals surface area contributed by atoms with E-state index in [1.54, 1.807) is 11.3 Å². The van der Waals surface area contributed by atoms with Crippen LogP contribution in [0.3, 0.4) is 0 Å². The maximum atomic E-state index is 4.46. The van der Waals surface area contributed by atoms with Crippen molar-refractivity contribution in [2.24, 2.45) is 0 Å². The fraction of sp³-hybridized carbons (Fsp3) is 0.200. The molecule has 0 bridgehead atoms. The number of rotatable bonds is 1. The summed E-state index contributed by atoms with van der Waals surface area (Å²) in [5.74, 6) is 0. The predicted molar refractivity (Wildman–Crippen MR) is 71.2 cm³/mol. The molecule has 0 radical (unpaired) electrons. The summed E-state index contributed by atoms with van der Waals surface area (Å²) in [6.45, 7) is 2.19. The van der Waals surface area contributed by atoms with Crippen LogP contribution in [0.1, 0.15) is 12.5 Å². The molecule has 0 fully saturated rings. The van der Waals surface area contributed by atoms with Gasteiger partial charge in [0.1, 0.15) is 0 Å². The van der Waals surface area contributed by atoms with Crippen LogP contribution < -0.4 is 0 Å². The van der Waals surface area contributed by atoms with E-state index >= 15 is 0 Å². The van der Waals surface area contributed by atoms with E-state index < -0.39 is 0 Å². The molecule has 68 valence electrons. The molecule has 1 heterocycles. The summed E-state index contributed by atoms with van der Waals surface area (Å²) < 4.78 is 2.70. The van der Waals surface area contributed by atoms with Gasteiger partial charge in [0.15, 0.2) is 0 Å². The van der Waals surface area contributed by atoms with Crippen LogP contribution in [-0.2, 0) is 6.42 Å². The summed E-state index contributed by atoms with van der Waals surface area (Å²) in [5.41, 5.74) is 1.42. The molecule has 0 nitrogen and oxygen atoms in total. The van der Waals surface area contributed by atoms with Gasteiger partial charge in [-0.05, 0) is 40.6 Å². The lowest BCUT2D eigenvalue weighted by Gasteiger charge is -2.02. The average Bonchev–Trinajstić information content (AvgIpc) is 2.49. The molecule has 2 aromatic rings. The molecule has 0 amide bonds. The minimum absolute atomic E-state index is 1.09. The van der Waals surface area contributed by atoms with E-state index in [2.05, 4.69) is 59.7 Å². The lowest BCUT2D eigenvalue weighted by Crippen LogP contribution is -1.85. The van der Waals surface area contributed by atoms with Crippen LogP contribution >= 0.6 is 46.6 Å². The van der Waals surface area contributed by atoms with Crippen molar-refractivity contribution in [2.45, 2.75) is 18.2 Å². The first-order valence-electron chi connectivity index (χ1n) is 4.11. The molecule has 0 atom stereocenters. The monoisotopic (exact) mass is 320 g/mol. The number of thiol groups is 1. The van der Waals surface area contributed by atoms with Crippen LogP contribution in [0.4, 0.5) is 0 Å². The van der Waals surface area contributed by atoms with Gasteiger partial charge in [0, 0.05) is 23.9 Å². The molecule has 0 unspecified atom stereocenters. The van der Waals surface area contributed by atoms with Gasteiger partial charge < -0.3 is 0 Å². The van der Waals surface area contributed by atoms with E-state index in [9.17, 15) is 0 Å². The van der Waals surface area contributed by atoms with Crippen molar-refractivity contribution in [3.63, 3.8) is 0 Å². The fourth-order valence-corrected chi connectivity index (χ4v) is 4.23. The topological polar surface area (TPSA) is 0 Å². The number of fused-ring (bicyclic) bond motifs is 1. The lowest BCUT2D eigenvalue weighted by atomic mass is 10.1. The predicted octanol–water partition coefficient (Wildman–Crippen LogP) is 4.36. The van der Waals surface area contributed by atoms with E-state index in [4.69, 9.17) is 0 Å². The van der Waals surface area contributed by atoms with Crippen molar-refractivity contribution in [3.05, 3.63) is 26.6 Å². The van der Waals surface area contributed by atoms with Crippen LogP contribution in [0.2, 0.25) is 0 Å². The Morgan fingerprint density at radius 3 is 2.92 bits per heavy atom. The highest BCUT2D eigenvalue weighted by Crippen LogP contribution is 2.34. The maximum Gasteiger partial charge on any atom is 0.0365 e. The van der Waals surface area contributed by atoms with E-state index in [0.29, 0.717) is 0 Å². The Bertz CT molecular complexity index is 445. The number of hydrogen-bond acceptors (Lipinski definition) is 2. The van der Waals surface area contributed by atoms with Gasteiger partial charge in [-0.2, -0.15) is 0 Å². The first kappa shape index (κ1) is 9.80. The van der Waals surface area contributed by atoms with Crippen molar-refractivity contribution in [2.75, 3.05) is 0 Å². The normalized spacial score (nSPS) is 11.0. The molecule has 0 saturated carbocycles. The Hall–Kier alpha value is 0.260. The molecule has 2 rings (SSSR count). The third-order valence-electron chi connectivity index (χ3n) is 2.12. The molecular formula is C10H9IS2. The fourth-order valence-electron chi connectivity index (χ4n) is 1.39. The number of thiophene rings is 1. The molecule has 1 aromatic heterocycles. The van der Waals surface area contributed by atoms with Gasteiger partial charge >= 0.3 is 0 Å². The summed E-state index contributed by atoms with van der Waals surface area (Å²) in [4.78, 5) is 1.11. The first-order chi connectivity index (χ1) is 6.24. The summed E-state index contributed by atoms with van der Waals surface area (Å²) >= 11 is 8.65. The molecule has 1 aromatic carbocycles. The minimum Gasteiger partial charge on any atom is -0.143 e. The highest BCUT2D eigenvalue weighted by Gasteiger charge is 2.07. The van der Waals surface area contributed by atoms with Crippen molar-refractivity contribution in [1.82, 2.24) is 0 Å². The number of aryl methyl sites for hydroxylation is 1. The Balaban J connectivity index is 2.83. The SMILES string of the molecule is CCc1ccc2scc(S)c2c1I. The summed E-state index contributed by atoms with van der Waals surface area (Å²) in [7, 11) is 0. The second-order valence-electron chi connectivity index (χ2n) is 2.89. The van der Waals surface area contributed by atoms with Crippen LogP contribution in [0.15, 0.2) is 22.4 Å². The Labute approximate surface area is 101 Å². The summed E-state index contributed by atoms with van der Waals surface area (Å²) in [6.07, 6.45) is 1.09. The molecule has 0 saturated heterocycles. The van der Waals surface area contributed by atoms with Gasteiger partial charge in [-0.3, -0.25) is 0 Å². The molecule has 13 heavy (non-hydrogen) atoms. The highest BCUT2D eigenvalue weighted by atomic mass is 127. The third kappa shape index (κ3) is 1.62. The van der Waals surface area contributed by atoms with Gasteiger partial charge in [0.2, 0.25) is 0 Å². The van der Waals surface area contributed by atoms with Crippen molar-refractivity contribution in [1.29, 1.82) is 0 Å². The minimum atomic E-state index is 1.09. The van der Waals surface area contributed by atoms with Gasteiger partial charge in [0.05, 0.1) is 0 Å². The summed E-state index contributed by atoms with van der Waals surface area (Å²) in [6, 6.07) is 4.41. The Kier molecular flexibility index (Phi) is 2.86. The zero-order valence-electron chi connectivity index (χ0n) is 7.17. The van der Waals surface area contributed by atoms with Gasteiger partial charge in [-0.1, -0.05) is 13.0 Å². The van der Waals surface area contributed by atoms with E-state index in [1.807, 2.05) is 0 Å². The molecule has 0 aliphatic heterocycles. The quantitative estimate of drug-likeness (QED) is 0.586. The zero-order valence-corrected chi connectivity index (χ0v) is 11.0. The van der Waals surface area contributed by atoms with Crippen molar-refractivity contribution < 1.29 is 0 Å². The second kappa shape index (κ2) is 3.79. The molecule has 0 aliphatic carbocycles. The van der Waals surface area contributed by atoms with Crippen LogP contribution in [-0.4, -0.2) is 0 Å². The van der Waals surface area contributed by atoms with Crippen LogP contribution in [0.5, 0.6) is 0 Å². The first-order valence-corrected chi connectivity index (χ1v) is 6.52. The largest absolute Gasteiger partial charge is 0.143 e. The van der Waals surface area contributed by atoms with Crippen LogP contribution in [0, 0.1) is 3.57 Å². The molecule has 0 N–H and O–H groups in total. The lowest BCUT2D eigenvalue weighted by molar-refractivity contribution is 1.13. The van der Waals surface area contributed by atoms with E-state index in [0.717, 1.165) is 11.3 Å². The number of halogens is 1. The highest BCUT2D eigenvalue weighted by molar-refractivity contribution is 14.1. The van der Waals surface area contributed by atoms with E-state index in [1.165, 1.54) is 19.2 Å². The Morgan fingerprint density at radius 2 is 2.23 bits per heavy atom. The number of benzene rings is 1. The Morgan fingerprint density at radius 1 is 1.46 bits per heavy atom. The molecule has 0 aliphatic rings. The van der Waals surface area contributed by atoms with Gasteiger partial charge in [0.25, 0.3) is 0 Å². The molecule has 0 spiro atoms. The maximum absolute atomic E-state index is 4.46. The van der Waals surface area contributed by atoms with Gasteiger partial charge in [-0.15, -0.1) is 24.0 Å². The second-order valence-corrected chi connectivity index (χ2v) is 5.36. The van der Waals surface area contributed by atoms with Crippen molar-refractivity contribution in [3.8, 4) is 0 Å². The smallest absolute Gasteiger partial charge is 0.0365 e.